The van der Waals surface area contributed by atoms with E-state index < -0.39 is 5.82 Å². The maximum atomic E-state index is 13.8. The smallest absolute Gasteiger partial charge is 0.260 e. The number of rotatable bonds is 4. The molecule has 1 atom stereocenters. The lowest BCUT2D eigenvalue weighted by Gasteiger charge is -2.01. The topological polar surface area (TPSA) is 74.2 Å². The zero-order valence-electron chi connectivity index (χ0n) is 10.2. The van der Waals surface area contributed by atoms with Gasteiger partial charge in [0.2, 0.25) is 0 Å². The van der Waals surface area contributed by atoms with Crippen molar-refractivity contribution in [3.05, 3.63) is 29.8 Å². The molecule has 0 bridgehead atoms. The molecule has 0 aliphatic heterocycles. The second-order valence-electron chi connectivity index (χ2n) is 3.94. The predicted molar refractivity (Wildman–Crippen MR) is 63.7 cm³/mol. The summed E-state index contributed by atoms with van der Waals surface area (Å²) < 4.78 is 23.7. The molecule has 0 spiro atoms. The van der Waals surface area contributed by atoms with Gasteiger partial charge in [0.15, 0.2) is 5.82 Å². The molecule has 2 aromatic rings. The number of halogens is 1. The molecule has 0 saturated heterocycles. The van der Waals surface area contributed by atoms with E-state index >= 15 is 0 Å². The number of methoxy groups -OCH3 is 1. The van der Waals surface area contributed by atoms with Crippen LogP contribution in [0.4, 0.5) is 4.39 Å². The number of ether oxygens (including phenoxy) is 1. The molecule has 0 aliphatic rings. The lowest BCUT2D eigenvalue weighted by molar-refractivity contribution is 0.408. The lowest BCUT2D eigenvalue weighted by Crippen LogP contribution is -2.10. The summed E-state index contributed by atoms with van der Waals surface area (Å²) in [5.74, 6) is 0.563. The third-order valence-electron chi connectivity index (χ3n) is 2.64. The van der Waals surface area contributed by atoms with E-state index in [0.717, 1.165) is 0 Å². The zero-order valence-corrected chi connectivity index (χ0v) is 10.2. The first-order valence-corrected chi connectivity index (χ1v) is 5.53. The predicted octanol–water partition coefficient (Wildman–Crippen LogP) is 1.95. The van der Waals surface area contributed by atoms with E-state index in [-0.39, 0.29) is 17.4 Å². The SMILES string of the molecule is COc1ccc(-c2nc(C(C)CN)no2)c(F)c1. The minimum atomic E-state index is -0.468. The summed E-state index contributed by atoms with van der Waals surface area (Å²) in [4.78, 5) is 4.13. The first-order valence-electron chi connectivity index (χ1n) is 5.53. The average molecular weight is 251 g/mol. The van der Waals surface area contributed by atoms with Gasteiger partial charge in [0, 0.05) is 18.5 Å². The van der Waals surface area contributed by atoms with Crippen molar-refractivity contribution in [3.8, 4) is 17.2 Å². The van der Waals surface area contributed by atoms with Crippen LogP contribution in [-0.4, -0.2) is 23.8 Å². The van der Waals surface area contributed by atoms with Gasteiger partial charge in [-0.1, -0.05) is 12.1 Å². The van der Waals surface area contributed by atoms with Crippen LogP contribution in [0.5, 0.6) is 5.75 Å². The van der Waals surface area contributed by atoms with E-state index in [9.17, 15) is 4.39 Å². The average Bonchev–Trinajstić information content (AvgIpc) is 2.87. The molecule has 1 heterocycles. The molecule has 18 heavy (non-hydrogen) atoms. The number of aromatic nitrogens is 2. The van der Waals surface area contributed by atoms with Gasteiger partial charge < -0.3 is 15.0 Å². The Kier molecular flexibility index (Phi) is 3.57. The maximum Gasteiger partial charge on any atom is 0.260 e. The van der Waals surface area contributed by atoms with Gasteiger partial charge in [-0.3, -0.25) is 0 Å². The Labute approximate surface area is 104 Å². The van der Waals surface area contributed by atoms with Gasteiger partial charge in [0.25, 0.3) is 5.89 Å². The highest BCUT2D eigenvalue weighted by molar-refractivity contribution is 5.55. The van der Waals surface area contributed by atoms with Crippen molar-refractivity contribution in [2.24, 2.45) is 5.73 Å². The summed E-state index contributed by atoms with van der Waals surface area (Å²) in [6.45, 7) is 2.28. The molecule has 1 aromatic heterocycles. The van der Waals surface area contributed by atoms with Crippen LogP contribution in [0.2, 0.25) is 0 Å². The van der Waals surface area contributed by atoms with E-state index in [1.807, 2.05) is 6.92 Å². The van der Waals surface area contributed by atoms with Gasteiger partial charge in [-0.2, -0.15) is 4.98 Å². The van der Waals surface area contributed by atoms with E-state index in [1.165, 1.54) is 13.2 Å². The minimum Gasteiger partial charge on any atom is -0.497 e. The van der Waals surface area contributed by atoms with Crippen molar-refractivity contribution in [2.45, 2.75) is 12.8 Å². The summed E-state index contributed by atoms with van der Waals surface area (Å²) in [6.07, 6.45) is 0. The normalized spacial score (nSPS) is 12.4. The summed E-state index contributed by atoms with van der Waals surface area (Å²) in [6, 6.07) is 4.44. The fourth-order valence-corrected chi connectivity index (χ4v) is 1.45. The summed E-state index contributed by atoms with van der Waals surface area (Å²) in [5.41, 5.74) is 5.76. The van der Waals surface area contributed by atoms with Gasteiger partial charge in [-0.25, -0.2) is 4.39 Å². The van der Waals surface area contributed by atoms with Crippen LogP contribution in [0, 0.1) is 5.82 Å². The summed E-state index contributed by atoms with van der Waals surface area (Å²) in [5, 5.41) is 3.78. The van der Waals surface area contributed by atoms with Crippen molar-refractivity contribution < 1.29 is 13.7 Å². The maximum absolute atomic E-state index is 13.8. The first kappa shape index (κ1) is 12.5. The largest absolute Gasteiger partial charge is 0.497 e. The van der Waals surface area contributed by atoms with Crippen LogP contribution in [0.3, 0.4) is 0 Å². The fraction of sp³-hybridized carbons (Fsp3) is 0.333. The Morgan fingerprint density at radius 3 is 2.89 bits per heavy atom. The molecule has 0 radical (unpaired) electrons. The Balaban J connectivity index is 2.34. The van der Waals surface area contributed by atoms with Gasteiger partial charge in [-0.15, -0.1) is 0 Å². The molecule has 96 valence electrons. The standard InChI is InChI=1S/C12H14FN3O2/c1-7(6-14)11-15-12(18-16-11)9-4-3-8(17-2)5-10(9)13/h3-5,7H,6,14H2,1-2H3. The van der Waals surface area contributed by atoms with Crippen LogP contribution in [-0.2, 0) is 0 Å². The molecular formula is C12H14FN3O2. The van der Waals surface area contributed by atoms with Crippen LogP contribution in [0.15, 0.2) is 22.7 Å². The summed E-state index contributed by atoms with van der Waals surface area (Å²) in [7, 11) is 1.47. The van der Waals surface area contributed by atoms with E-state index in [4.69, 9.17) is 15.0 Å². The molecule has 2 N–H and O–H groups in total. The third kappa shape index (κ3) is 2.33. The number of nitrogens with zero attached hydrogens (tertiary/aromatic N) is 2. The quantitative estimate of drug-likeness (QED) is 0.898. The van der Waals surface area contributed by atoms with Gasteiger partial charge in [0.1, 0.15) is 11.6 Å². The molecule has 1 unspecified atom stereocenters. The number of benzene rings is 1. The molecule has 0 fully saturated rings. The van der Waals surface area contributed by atoms with Crippen LogP contribution in [0.1, 0.15) is 18.7 Å². The van der Waals surface area contributed by atoms with Crippen LogP contribution in [0.25, 0.3) is 11.5 Å². The molecule has 0 saturated carbocycles. The van der Waals surface area contributed by atoms with Crippen molar-refractivity contribution in [3.63, 3.8) is 0 Å². The number of hydrogen-bond donors (Lipinski definition) is 1. The Morgan fingerprint density at radius 2 is 2.28 bits per heavy atom. The van der Waals surface area contributed by atoms with Gasteiger partial charge in [-0.05, 0) is 12.1 Å². The Bertz CT molecular complexity index is 542. The minimum absolute atomic E-state index is 0.0243. The molecular weight excluding hydrogens is 237 g/mol. The van der Waals surface area contributed by atoms with E-state index in [1.54, 1.807) is 12.1 Å². The fourth-order valence-electron chi connectivity index (χ4n) is 1.45. The van der Waals surface area contributed by atoms with Gasteiger partial charge in [0.05, 0.1) is 12.7 Å². The zero-order chi connectivity index (χ0) is 13.1. The first-order chi connectivity index (χ1) is 8.65. The lowest BCUT2D eigenvalue weighted by atomic mass is 10.1. The molecule has 6 heteroatoms. The molecule has 5 nitrogen and oxygen atoms in total. The van der Waals surface area contributed by atoms with Crippen molar-refractivity contribution in [2.75, 3.05) is 13.7 Å². The highest BCUT2D eigenvalue weighted by Crippen LogP contribution is 2.25. The van der Waals surface area contributed by atoms with Crippen LogP contribution < -0.4 is 10.5 Å². The second kappa shape index (κ2) is 5.14. The van der Waals surface area contributed by atoms with Crippen molar-refractivity contribution in [1.82, 2.24) is 10.1 Å². The number of nitrogens with two attached hydrogens (primary N) is 1. The third-order valence-corrected chi connectivity index (χ3v) is 2.64. The molecule has 0 amide bonds. The Hall–Kier alpha value is -1.95. The van der Waals surface area contributed by atoms with Crippen molar-refractivity contribution in [1.29, 1.82) is 0 Å². The molecule has 2 rings (SSSR count). The molecule has 1 aromatic carbocycles. The van der Waals surface area contributed by atoms with Crippen LogP contribution >= 0.6 is 0 Å². The molecule has 0 aliphatic carbocycles. The van der Waals surface area contributed by atoms with E-state index in [0.29, 0.717) is 18.1 Å². The summed E-state index contributed by atoms with van der Waals surface area (Å²) >= 11 is 0. The Morgan fingerprint density at radius 1 is 1.50 bits per heavy atom. The second-order valence-corrected chi connectivity index (χ2v) is 3.94. The van der Waals surface area contributed by atoms with Gasteiger partial charge >= 0.3 is 0 Å². The number of hydrogen-bond acceptors (Lipinski definition) is 5. The van der Waals surface area contributed by atoms with E-state index in [2.05, 4.69) is 10.1 Å². The highest BCUT2D eigenvalue weighted by Gasteiger charge is 2.16. The van der Waals surface area contributed by atoms with Crippen molar-refractivity contribution >= 4 is 0 Å². The highest BCUT2D eigenvalue weighted by atomic mass is 19.1. The monoisotopic (exact) mass is 251 g/mol.